The third-order valence-corrected chi connectivity index (χ3v) is 21.8. The molecule has 4 amide bonds. The van der Waals surface area contributed by atoms with Crippen molar-refractivity contribution >= 4 is 94.7 Å². The van der Waals surface area contributed by atoms with Crippen molar-refractivity contribution in [2.45, 2.75) is 161 Å². The standard InChI is InChI=1S/C38H52N6O11S.C28H36N6O7S.CH4/c1-21-28-27(22(2)45)31(46)43(28)29(33(48)53-32(47)24-9-11-25(12-10-24)44(51)52)30(21)56-26-15-16-41(20-26)19-23-13-17-42(18-14-23)34(39-35(49)54-37(3,4)5)40-36(50)55-38(6,7)8;1-15-22-21(16(2)35)25(36)33(22)23(27(38)41-26(37)18-3-5-19(6-4-18)34(39)40)24(15)42-20-9-10-31(14-20)13-17-7-11-32(12-8-17)28(29)30;/h9-12,21-23,26-28,45H,13-20H2,1-8H3,(H,39,40,49,50);3-6,15-17,20-22,35H,7-14H2,1-2H3,(H3,29,30);1H4/t21-,22-,26-,27-,28-;15-,16-,20-,21-,22-;/m11./s1. The predicted molar refractivity (Wildman–Crippen MR) is 366 cm³/mol. The average Bonchev–Trinajstić information content (AvgIpc) is 1.57. The number of amides is 4. The van der Waals surface area contributed by atoms with E-state index in [4.69, 9.17) is 30.1 Å². The Morgan fingerprint density at radius 1 is 0.626 bits per heavy atom. The van der Waals surface area contributed by atoms with Crippen molar-refractivity contribution in [2.24, 2.45) is 46.2 Å². The van der Waals surface area contributed by atoms with Crippen LogP contribution in [0.2, 0.25) is 0 Å². The number of β-lactam (4-membered cyclic amide) rings is 2. The number of nitrogens with two attached hydrogens (primary N) is 1. The van der Waals surface area contributed by atoms with Crippen molar-refractivity contribution in [3.63, 3.8) is 0 Å². The molecule has 99 heavy (non-hydrogen) atoms. The average molecular weight is 1420 g/mol. The molecule has 6 saturated heterocycles. The van der Waals surface area contributed by atoms with Gasteiger partial charge in [0.1, 0.15) is 22.6 Å². The second-order valence-corrected chi connectivity index (χ2v) is 30.9. The first-order chi connectivity index (χ1) is 46.1. The van der Waals surface area contributed by atoms with Gasteiger partial charge in [-0.25, -0.2) is 28.8 Å². The summed E-state index contributed by atoms with van der Waals surface area (Å²) in [4.78, 5) is 142. The van der Waals surface area contributed by atoms with Gasteiger partial charge in [-0.1, -0.05) is 21.3 Å². The summed E-state index contributed by atoms with van der Waals surface area (Å²) in [5.74, 6) is -5.51. The number of benzene rings is 2. The third-order valence-electron chi connectivity index (χ3n) is 18.8. The molecule has 2 aromatic rings. The van der Waals surface area contributed by atoms with Gasteiger partial charge in [0.05, 0.1) is 57.1 Å². The molecule has 0 bridgehead atoms. The smallest absolute Gasteiger partial charge is 0.437 e. The molecule has 2 aromatic carbocycles. The number of hydrogen-bond donors (Lipinski definition) is 5. The van der Waals surface area contributed by atoms with Gasteiger partial charge in [-0.15, -0.1) is 28.5 Å². The number of aliphatic hydroxyl groups excluding tert-OH is 2. The van der Waals surface area contributed by atoms with Crippen LogP contribution in [0.25, 0.3) is 0 Å². The molecule has 0 aromatic heterocycles. The second kappa shape index (κ2) is 31.7. The molecule has 32 heteroatoms. The SMILES string of the molecule is C.C[C@@H](O)[C@H]1C(=O)N2C(C(=O)OC(=O)c3ccc([N+](=O)[O-])cc3)=C(S[C@@H]3CCN(CC4CCN(C(=N)N)CC4)C3)[C@H](C)[C@H]12.C[C@@H](O)[C@H]1C(=O)N2C(C(=O)OC(=O)c3ccc([N+](=O)[O-])cc3)=C(S[C@@H]3CCN(CC4CCN(C(=NC(=O)OC(C)(C)C)NC(=O)OC(C)(C)C)CC4)C3)[C@H](C)[C@H]12. The molecule has 8 heterocycles. The fourth-order valence-corrected chi connectivity index (χ4v) is 17.0. The van der Waals surface area contributed by atoms with Crippen molar-refractivity contribution < 1.29 is 77.4 Å². The van der Waals surface area contributed by atoms with Gasteiger partial charge in [0, 0.05) is 109 Å². The van der Waals surface area contributed by atoms with Crippen LogP contribution in [-0.2, 0) is 38.1 Å². The second-order valence-electron chi connectivity index (χ2n) is 28.3. The molecule has 0 spiro atoms. The van der Waals surface area contributed by atoms with Crippen LogP contribution in [0.15, 0.2) is 74.7 Å². The highest BCUT2D eigenvalue weighted by molar-refractivity contribution is 8.04. The third kappa shape index (κ3) is 18.1. The lowest BCUT2D eigenvalue weighted by Crippen LogP contribution is -2.63. The monoisotopic (exact) mass is 1420 g/mol. The van der Waals surface area contributed by atoms with Crippen molar-refractivity contribution in [3.05, 3.63) is 101 Å². The number of aliphatic hydroxyl groups is 2. The van der Waals surface area contributed by atoms with Crippen molar-refractivity contribution in [1.82, 2.24) is 34.7 Å². The zero-order valence-electron chi connectivity index (χ0n) is 56.7. The molecule has 10 atom stereocenters. The molecule has 0 aliphatic carbocycles. The Morgan fingerprint density at radius 2 is 1.00 bits per heavy atom. The number of guanidine groups is 2. The largest absolute Gasteiger partial charge is 0.444 e. The van der Waals surface area contributed by atoms with E-state index in [0.29, 0.717) is 34.7 Å². The number of aliphatic imine (C=N–C) groups is 1. The van der Waals surface area contributed by atoms with Gasteiger partial charge in [0.15, 0.2) is 5.96 Å². The normalized spacial score (nSPS) is 25.1. The van der Waals surface area contributed by atoms with Gasteiger partial charge in [-0.05, 0) is 143 Å². The summed E-state index contributed by atoms with van der Waals surface area (Å²) in [6, 6.07) is 8.55. The maximum absolute atomic E-state index is 13.6. The van der Waals surface area contributed by atoms with E-state index in [0.717, 1.165) is 115 Å². The van der Waals surface area contributed by atoms with E-state index in [1.165, 1.54) is 45.8 Å². The zero-order valence-corrected chi connectivity index (χ0v) is 58.3. The minimum absolute atomic E-state index is 0. The molecule has 30 nitrogen and oxygen atoms in total. The first kappa shape index (κ1) is 76.7. The molecule has 8 aliphatic heterocycles. The molecular weight excluding hydrogens is 1320 g/mol. The Hall–Kier alpha value is -8.04. The van der Waals surface area contributed by atoms with E-state index in [9.17, 15) is 68.8 Å². The lowest BCUT2D eigenvalue weighted by atomic mass is 9.79. The summed E-state index contributed by atoms with van der Waals surface area (Å²) in [6.07, 6.45) is 1.86. The number of hydrogen-bond acceptors (Lipinski definition) is 23. The molecule has 10 rings (SSSR count). The highest BCUT2D eigenvalue weighted by atomic mass is 32.2. The van der Waals surface area contributed by atoms with E-state index in [-0.39, 0.29) is 81.5 Å². The maximum atomic E-state index is 13.6. The maximum Gasteiger partial charge on any atom is 0.437 e. The molecular formula is C67H92N12O18S2. The number of nitro benzene ring substituents is 2. The quantitative estimate of drug-likeness (QED) is 0.0164. The summed E-state index contributed by atoms with van der Waals surface area (Å²) in [7, 11) is 0. The van der Waals surface area contributed by atoms with E-state index in [2.05, 4.69) is 20.1 Å². The molecule has 0 radical (unpaired) electrons. The fourth-order valence-electron chi connectivity index (χ4n) is 14.0. The summed E-state index contributed by atoms with van der Waals surface area (Å²) < 4.78 is 21.2. The minimum Gasteiger partial charge on any atom is -0.444 e. The number of piperidine rings is 2. The predicted octanol–water partition coefficient (Wildman–Crippen LogP) is 7.08. The number of fused-ring (bicyclic) bond motifs is 2. The fraction of sp³-hybridized carbons (Fsp3) is 0.612. The van der Waals surface area contributed by atoms with Gasteiger partial charge < -0.3 is 64.3 Å². The van der Waals surface area contributed by atoms with Crippen LogP contribution in [0.4, 0.5) is 21.0 Å². The first-order valence-corrected chi connectivity index (χ1v) is 34.8. The van der Waals surface area contributed by atoms with E-state index in [1.54, 1.807) is 67.2 Å². The molecule has 8 aliphatic rings. The molecule has 0 saturated carbocycles. The van der Waals surface area contributed by atoms with Crippen LogP contribution >= 0.6 is 23.5 Å². The first-order valence-electron chi connectivity index (χ1n) is 33.0. The van der Waals surface area contributed by atoms with Crippen LogP contribution in [0.3, 0.4) is 0 Å². The van der Waals surface area contributed by atoms with Crippen LogP contribution in [0, 0.1) is 61.1 Å². The zero-order chi connectivity index (χ0) is 71.6. The Bertz CT molecular complexity index is 3540. The number of carbonyl (C=O) groups is 8. The number of rotatable bonds is 16. The van der Waals surface area contributed by atoms with E-state index >= 15 is 0 Å². The number of thioether (sulfide) groups is 2. The number of ether oxygens (including phenoxy) is 4. The van der Waals surface area contributed by atoms with Gasteiger partial charge in [0.25, 0.3) is 11.4 Å². The Morgan fingerprint density at radius 3 is 1.34 bits per heavy atom. The summed E-state index contributed by atoms with van der Waals surface area (Å²) >= 11 is 3.04. The van der Waals surface area contributed by atoms with E-state index in [1.807, 2.05) is 23.6 Å². The van der Waals surface area contributed by atoms with Gasteiger partial charge >= 0.3 is 36.1 Å². The number of non-ortho nitro benzene ring substituents is 2. The van der Waals surface area contributed by atoms with Crippen molar-refractivity contribution in [1.29, 1.82) is 5.41 Å². The molecule has 6 fully saturated rings. The van der Waals surface area contributed by atoms with Crippen LogP contribution in [0.1, 0.15) is 136 Å². The van der Waals surface area contributed by atoms with Crippen LogP contribution in [0.5, 0.6) is 0 Å². The molecule has 6 N–H and O–H groups in total. The Kier molecular flexibility index (Phi) is 24.5. The van der Waals surface area contributed by atoms with Crippen LogP contribution < -0.4 is 11.1 Å². The number of nitrogens with zero attached hydrogens (tertiary/aromatic N) is 9. The van der Waals surface area contributed by atoms with Gasteiger partial charge in [0.2, 0.25) is 17.8 Å². The summed E-state index contributed by atoms with van der Waals surface area (Å²) in [5.41, 5.74) is 3.66. The highest BCUT2D eigenvalue weighted by Gasteiger charge is 2.62. The van der Waals surface area contributed by atoms with Crippen molar-refractivity contribution in [2.75, 3.05) is 65.4 Å². The molecule has 540 valence electrons. The molecule has 0 unspecified atom stereocenters. The Balaban J connectivity index is 0.000000259. The minimum atomic E-state index is -1.00. The number of carbonyl (C=O) groups excluding carboxylic acids is 8. The van der Waals surface area contributed by atoms with Crippen molar-refractivity contribution in [3.8, 4) is 0 Å². The summed E-state index contributed by atoms with van der Waals surface area (Å²) in [6.45, 7) is 25.0. The number of alkyl carbamates (subject to hydrolysis) is 1. The number of esters is 4. The Labute approximate surface area is 583 Å². The topological polar surface area (TPSA) is 394 Å². The lowest BCUT2D eigenvalue weighted by Gasteiger charge is -2.46. The van der Waals surface area contributed by atoms with Crippen LogP contribution in [-0.4, -0.2) is 221 Å². The van der Waals surface area contributed by atoms with Gasteiger partial charge in [-0.3, -0.25) is 40.5 Å². The van der Waals surface area contributed by atoms with E-state index < -0.39 is 99.1 Å². The number of nitrogens with one attached hydrogen (secondary N) is 2. The summed E-state index contributed by atoms with van der Waals surface area (Å²) in [5, 5.41) is 53.2. The number of likely N-dealkylation sites (tertiary alicyclic amines) is 4. The van der Waals surface area contributed by atoms with Gasteiger partial charge in [-0.2, -0.15) is 0 Å². The lowest BCUT2D eigenvalue weighted by molar-refractivity contribution is -0.385. The number of nitro groups is 2. The highest BCUT2D eigenvalue weighted by Crippen LogP contribution is 2.54.